The van der Waals surface area contributed by atoms with Crippen molar-refractivity contribution in [2.24, 2.45) is 10.8 Å². The molecule has 62 heavy (non-hydrogen) atoms. The molecule has 2 saturated carbocycles. The summed E-state index contributed by atoms with van der Waals surface area (Å²) < 4.78 is 6.88. The van der Waals surface area contributed by atoms with Crippen LogP contribution in [0, 0.1) is 10.8 Å². The maximum absolute atomic E-state index is 4.03. The van der Waals surface area contributed by atoms with Gasteiger partial charge in [-0.1, -0.05) is 0 Å². The van der Waals surface area contributed by atoms with Crippen LogP contribution in [0.1, 0.15) is 133 Å². The predicted molar refractivity (Wildman–Crippen MR) is 276 cm³/mol. The molecule has 6 aromatic carbocycles. The number of hydrogen-bond donors (Lipinski definition) is 0. The number of halogens is 2. The van der Waals surface area contributed by atoms with E-state index in [1.807, 2.05) is 0 Å². The zero-order chi connectivity index (χ0) is 41.1. The molecular weight excluding hydrogens is 887 g/mol. The van der Waals surface area contributed by atoms with Gasteiger partial charge in [-0.25, -0.2) is 0 Å². The molecule has 2 unspecified atom stereocenters. The Morgan fingerprint density at radius 2 is 0.839 bits per heavy atom. The number of fused-ring (bicyclic) bond motifs is 4. The summed E-state index contributed by atoms with van der Waals surface area (Å²) in [7, 11) is 0. The number of hydrogen-bond acceptors (Lipinski definition) is 0. The molecule has 0 nitrogen and oxygen atoms in total. The molecule has 0 aliphatic heterocycles. The van der Waals surface area contributed by atoms with Gasteiger partial charge in [0.2, 0.25) is 0 Å². The van der Waals surface area contributed by atoms with Crippen LogP contribution in [-0.4, -0.2) is 6.88 Å². The van der Waals surface area contributed by atoms with Crippen LogP contribution < -0.4 is 0 Å². The van der Waals surface area contributed by atoms with Crippen molar-refractivity contribution in [3.05, 3.63) is 155 Å². The van der Waals surface area contributed by atoms with E-state index in [-0.39, 0.29) is 24.8 Å². The van der Waals surface area contributed by atoms with Crippen LogP contribution in [0.2, 0.25) is 9.26 Å². The van der Waals surface area contributed by atoms with E-state index in [1.54, 1.807) is 22.3 Å². The average Bonchev–Trinajstić information content (AvgIpc) is 4.06. The van der Waals surface area contributed by atoms with Gasteiger partial charge < -0.3 is 0 Å². The summed E-state index contributed by atoms with van der Waals surface area (Å²) in [6.07, 6.45) is 24.6. The monoisotopic (exact) mass is 952 g/mol. The molecule has 4 aliphatic rings. The van der Waals surface area contributed by atoms with Gasteiger partial charge in [0.1, 0.15) is 0 Å². The molecular formula is C58H68Cl2SiZr. The van der Waals surface area contributed by atoms with Crippen LogP contribution in [0.25, 0.3) is 56.0 Å². The van der Waals surface area contributed by atoms with Crippen molar-refractivity contribution in [2.75, 3.05) is 0 Å². The second-order valence-electron chi connectivity index (χ2n) is 21.2. The summed E-state index contributed by atoms with van der Waals surface area (Å²) in [6, 6.07) is 47.0. The van der Waals surface area contributed by atoms with Gasteiger partial charge in [-0.2, -0.15) is 0 Å². The first-order valence-corrected chi connectivity index (χ1v) is 37.5. The van der Waals surface area contributed by atoms with Crippen molar-refractivity contribution in [3.8, 4) is 22.3 Å². The van der Waals surface area contributed by atoms with Crippen molar-refractivity contribution in [2.45, 2.75) is 120 Å². The second kappa shape index (κ2) is 17.8. The van der Waals surface area contributed by atoms with Crippen LogP contribution in [0.3, 0.4) is 0 Å². The second-order valence-corrected chi connectivity index (χ2v) is 51.7. The van der Waals surface area contributed by atoms with Gasteiger partial charge in [-0.15, -0.1) is 24.8 Å². The number of rotatable bonds is 12. The van der Waals surface area contributed by atoms with E-state index in [9.17, 15) is 0 Å². The Labute approximate surface area is 387 Å². The Morgan fingerprint density at radius 3 is 1.24 bits per heavy atom. The maximum atomic E-state index is 2.93. The molecule has 0 heterocycles. The molecule has 0 spiro atoms. The quantitative estimate of drug-likeness (QED) is 0.107. The smallest absolute Gasteiger partial charge is 0.147 e. The number of allylic oxidation sites excluding steroid dienone is 2. The standard InChI is InChI=1S/2C28H29.2CH3.2ClH.H2Si.Zr/c2*1-2-15-28(16-5-6-17-28)20-21-18-23-11-8-14-26(27(23)19-21)25-13-7-10-22-9-3-4-12-24(22)25;;;;;;/h2*3-4,7-14,18-19H,2,5-6,15-17,20H2,1H3;2*1H3;2*1H;1H2;. The van der Waals surface area contributed by atoms with Crippen molar-refractivity contribution in [1.29, 1.82) is 0 Å². The Kier molecular flexibility index (Phi) is 13.1. The van der Waals surface area contributed by atoms with E-state index in [2.05, 4.69) is 163 Å². The fraction of sp³-hybridized carbons (Fsp3) is 0.379. The first kappa shape index (κ1) is 45.6. The van der Waals surface area contributed by atoms with Crippen molar-refractivity contribution in [1.82, 2.24) is 0 Å². The fourth-order valence-corrected chi connectivity index (χ4v) is 33.9. The van der Waals surface area contributed by atoms with Crippen LogP contribution in [-0.2, 0) is 17.4 Å². The molecule has 322 valence electrons. The molecule has 0 radical (unpaired) electrons. The van der Waals surface area contributed by atoms with Crippen LogP contribution in [0.4, 0.5) is 0 Å². The Morgan fingerprint density at radius 1 is 0.484 bits per heavy atom. The third kappa shape index (κ3) is 7.84. The minimum Gasteiger partial charge on any atom is -0.147 e. The molecule has 0 saturated heterocycles. The first-order valence-electron chi connectivity index (χ1n) is 23.8. The normalized spacial score (nSPS) is 20.0. The molecule has 4 heteroatoms. The fourth-order valence-electron chi connectivity index (χ4n) is 14.2. The Bertz CT molecular complexity index is 2560. The minimum atomic E-state index is -4.03. The topological polar surface area (TPSA) is 0 Å². The van der Waals surface area contributed by atoms with Gasteiger partial charge in [0, 0.05) is 0 Å². The van der Waals surface area contributed by atoms with Gasteiger partial charge in [0.05, 0.1) is 0 Å². The van der Waals surface area contributed by atoms with E-state index in [0.717, 1.165) is 0 Å². The molecule has 0 aromatic heterocycles. The van der Waals surface area contributed by atoms with E-state index in [1.165, 1.54) is 145 Å². The summed E-state index contributed by atoms with van der Waals surface area (Å²) in [5, 5.41) is 5.41. The SMILES string of the molecule is CCCC1(CC2=Cc3c(-c4cccc5ccccc45)cccc3[CH]2[Zr]([CH3])([CH3])(=[SiH2])[CH]2C(CC3(CCC)CCCC3)=Cc3c(-c4cccc5ccccc45)cccc32)CCCC1.Cl.Cl. The van der Waals surface area contributed by atoms with Gasteiger partial charge >= 0.3 is 366 Å². The van der Waals surface area contributed by atoms with E-state index in [0.29, 0.717) is 18.1 Å². The Hall–Kier alpha value is -3.00. The zero-order valence-electron chi connectivity index (χ0n) is 37.8. The molecule has 0 amide bonds. The maximum Gasteiger partial charge on any atom is -0.147 e. The molecule has 2 fully saturated rings. The third-order valence-corrected chi connectivity index (χ3v) is 33.9. The average molecular weight is 955 g/mol. The summed E-state index contributed by atoms with van der Waals surface area (Å²) in [5.41, 5.74) is 16.4. The van der Waals surface area contributed by atoms with Crippen LogP contribution in [0.15, 0.2) is 132 Å². The number of benzene rings is 6. The summed E-state index contributed by atoms with van der Waals surface area (Å²) in [6.45, 7) is 7.47. The van der Waals surface area contributed by atoms with Gasteiger partial charge in [0.25, 0.3) is 0 Å². The first-order chi connectivity index (χ1) is 29.1. The molecule has 2 atom stereocenters. The van der Waals surface area contributed by atoms with Crippen LogP contribution >= 0.6 is 24.8 Å². The molecule has 0 bridgehead atoms. The Balaban J connectivity index is 0.00000264. The van der Waals surface area contributed by atoms with Crippen molar-refractivity contribution in [3.63, 3.8) is 0 Å². The van der Waals surface area contributed by atoms with Crippen molar-refractivity contribution >= 4 is 65.4 Å². The van der Waals surface area contributed by atoms with E-state index < -0.39 is 17.4 Å². The third-order valence-electron chi connectivity index (χ3n) is 16.4. The van der Waals surface area contributed by atoms with Gasteiger partial charge in [-0.3, -0.25) is 0 Å². The summed E-state index contributed by atoms with van der Waals surface area (Å²) in [5.74, 6) is 0. The summed E-state index contributed by atoms with van der Waals surface area (Å²) >= 11 is -4.03. The summed E-state index contributed by atoms with van der Waals surface area (Å²) in [4.78, 5) is 0. The van der Waals surface area contributed by atoms with Crippen LogP contribution in [0.5, 0.6) is 0 Å². The van der Waals surface area contributed by atoms with Crippen molar-refractivity contribution < 1.29 is 17.4 Å². The minimum absolute atomic E-state index is 0. The van der Waals surface area contributed by atoms with Gasteiger partial charge in [-0.05, 0) is 0 Å². The molecule has 4 aliphatic carbocycles. The largest absolute Gasteiger partial charge is 0.147 e. The molecule has 6 aromatic rings. The zero-order valence-corrected chi connectivity index (χ0v) is 43.3. The van der Waals surface area contributed by atoms with E-state index >= 15 is 0 Å². The molecule has 10 rings (SSSR count). The van der Waals surface area contributed by atoms with E-state index in [4.69, 9.17) is 0 Å². The molecule has 0 N–H and O–H groups in total. The van der Waals surface area contributed by atoms with Gasteiger partial charge in [0.15, 0.2) is 0 Å². The predicted octanol–water partition coefficient (Wildman–Crippen LogP) is 17.6.